The van der Waals surface area contributed by atoms with Gasteiger partial charge < -0.3 is 29.3 Å². The van der Waals surface area contributed by atoms with Crippen molar-refractivity contribution in [3.8, 4) is 11.5 Å². The Morgan fingerprint density at radius 2 is 2.18 bits per heavy atom. The number of nitrogens with zero attached hydrogens (tertiary/aromatic N) is 1. The van der Waals surface area contributed by atoms with Crippen molar-refractivity contribution in [2.45, 2.75) is 67.5 Å². The van der Waals surface area contributed by atoms with Crippen LogP contribution < -0.4 is 4.74 Å². The molecule has 0 aromatic heterocycles. The molecule has 0 radical (unpaired) electrons. The maximum Gasteiger partial charge on any atom is 0.338 e. The molecular weight excluding hydrogens is 362 g/mol. The number of piperidine rings is 1. The highest BCUT2D eigenvalue weighted by molar-refractivity contribution is 5.80. The van der Waals surface area contributed by atoms with Crippen molar-refractivity contribution in [1.29, 1.82) is 0 Å². The average molecular weight is 387 g/mol. The number of likely N-dealkylation sites (tertiary alicyclic amines) is 1. The molecule has 3 aliphatic heterocycles. The number of benzene rings is 1. The van der Waals surface area contributed by atoms with Crippen LogP contribution in [0.5, 0.6) is 11.5 Å². The number of likely N-dealkylation sites (N-methyl/N-ethyl adjacent to an activating group) is 1. The molecule has 6 atom stereocenters. The number of epoxide rings is 1. The van der Waals surface area contributed by atoms with Crippen molar-refractivity contribution >= 4 is 5.97 Å². The van der Waals surface area contributed by atoms with Gasteiger partial charge in [0.25, 0.3) is 0 Å². The van der Waals surface area contributed by atoms with Crippen LogP contribution in [0.4, 0.5) is 0 Å². The number of aromatic hydroxyl groups is 1. The van der Waals surface area contributed by atoms with Crippen molar-refractivity contribution in [2.24, 2.45) is 0 Å². The number of ether oxygens (including phenoxy) is 3. The highest BCUT2D eigenvalue weighted by atomic mass is 16.7. The summed E-state index contributed by atoms with van der Waals surface area (Å²) in [4.78, 5) is 14.7. The number of rotatable bonds is 2. The lowest BCUT2D eigenvalue weighted by molar-refractivity contribution is -0.196. The Morgan fingerprint density at radius 1 is 1.36 bits per heavy atom. The number of aliphatic hydroxyl groups is 1. The topological polar surface area (TPSA) is 91.8 Å². The zero-order chi connectivity index (χ0) is 19.5. The second-order valence-electron chi connectivity index (χ2n) is 9.00. The molecule has 3 heterocycles. The molecule has 2 spiro atoms. The molecule has 3 fully saturated rings. The predicted octanol–water partition coefficient (Wildman–Crippen LogP) is 0.877. The van der Waals surface area contributed by atoms with Gasteiger partial charge >= 0.3 is 5.97 Å². The van der Waals surface area contributed by atoms with Crippen LogP contribution in [0.3, 0.4) is 0 Å². The second kappa shape index (κ2) is 5.01. The summed E-state index contributed by atoms with van der Waals surface area (Å²) in [5, 5.41) is 22.6. The van der Waals surface area contributed by atoms with Gasteiger partial charge in [0.05, 0.1) is 17.6 Å². The third kappa shape index (κ3) is 1.63. The SMILES string of the molecule is CCOC(=O)[C@@H]1OC12CC[C@@]1(O)[C@@H]3Cc4ccc(O)c5c4[C@@]1(CCN3C)[C@H]2O5. The molecule has 7 heteroatoms. The molecule has 150 valence electrons. The van der Waals surface area contributed by atoms with Crippen LogP contribution in [0, 0.1) is 0 Å². The number of phenolic OH excluding ortho intramolecular Hbond substituents is 1. The Balaban J connectivity index is 1.55. The van der Waals surface area contributed by atoms with Crippen LogP contribution in [0.2, 0.25) is 0 Å². The van der Waals surface area contributed by atoms with E-state index < -0.39 is 28.8 Å². The molecule has 6 rings (SSSR count). The van der Waals surface area contributed by atoms with E-state index in [1.54, 1.807) is 13.0 Å². The minimum atomic E-state index is -0.979. The largest absolute Gasteiger partial charge is 0.504 e. The van der Waals surface area contributed by atoms with Crippen molar-refractivity contribution in [1.82, 2.24) is 4.90 Å². The van der Waals surface area contributed by atoms with E-state index in [9.17, 15) is 15.0 Å². The number of carbonyl (C=O) groups is 1. The normalized spacial score (nSPS) is 44.8. The van der Waals surface area contributed by atoms with Crippen molar-refractivity contribution in [3.05, 3.63) is 23.3 Å². The number of fused-ring (bicyclic) bond motifs is 1. The Labute approximate surface area is 163 Å². The molecule has 2 aliphatic carbocycles. The van der Waals surface area contributed by atoms with E-state index in [-0.39, 0.29) is 17.8 Å². The highest BCUT2D eigenvalue weighted by Gasteiger charge is 2.82. The Morgan fingerprint density at radius 3 is 2.96 bits per heavy atom. The van der Waals surface area contributed by atoms with E-state index >= 15 is 0 Å². The van der Waals surface area contributed by atoms with Crippen LogP contribution in [0.15, 0.2) is 12.1 Å². The molecule has 2 saturated heterocycles. The number of phenols is 1. The van der Waals surface area contributed by atoms with Crippen LogP contribution in [-0.2, 0) is 26.1 Å². The monoisotopic (exact) mass is 387 g/mol. The molecule has 28 heavy (non-hydrogen) atoms. The maximum atomic E-state index is 12.4. The highest BCUT2D eigenvalue weighted by Crippen LogP contribution is 2.70. The summed E-state index contributed by atoms with van der Waals surface area (Å²) in [5.41, 5.74) is -0.402. The zero-order valence-electron chi connectivity index (χ0n) is 16.1. The lowest BCUT2D eigenvalue weighted by atomic mass is 9.47. The Bertz CT molecular complexity index is 903. The Kier molecular flexibility index (Phi) is 3.05. The number of hydrogen-bond acceptors (Lipinski definition) is 7. The fourth-order valence-corrected chi connectivity index (χ4v) is 6.82. The van der Waals surface area contributed by atoms with Gasteiger partial charge in [-0.15, -0.1) is 0 Å². The van der Waals surface area contributed by atoms with E-state index in [0.717, 1.165) is 24.1 Å². The first-order chi connectivity index (χ1) is 13.4. The lowest BCUT2D eigenvalue weighted by Gasteiger charge is -2.63. The third-order valence-corrected chi connectivity index (χ3v) is 8.05. The van der Waals surface area contributed by atoms with Crippen LogP contribution >= 0.6 is 0 Å². The summed E-state index contributed by atoms with van der Waals surface area (Å²) in [6.07, 6.45) is 1.32. The van der Waals surface area contributed by atoms with Crippen LogP contribution in [-0.4, -0.2) is 70.7 Å². The number of carbonyl (C=O) groups excluding carboxylic acids is 1. The summed E-state index contributed by atoms with van der Waals surface area (Å²) >= 11 is 0. The maximum absolute atomic E-state index is 12.4. The van der Waals surface area contributed by atoms with Gasteiger partial charge in [-0.2, -0.15) is 0 Å². The van der Waals surface area contributed by atoms with Crippen molar-refractivity contribution < 1.29 is 29.2 Å². The van der Waals surface area contributed by atoms with Gasteiger partial charge in [0.1, 0.15) is 11.7 Å². The van der Waals surface area contributed by atoms with Crippen molar-refractivity contribution in [2.75, 3.05) is 20.2 Å². The van der Waals surface area contributed by atoms with Gasteiger partial charge in [-0.3, -0.25) is 0 Å². The van der Waals surface area contributed by atoms with Crippen LogP contribution in [0.1, 0.15) is 37.3 Å². The molecule has 2 bridgehead atoms. The second-order valence-corrected chi connectivity index (χ2v) is 9.00. The molecular formula is C21H25NO6. The fraction of sp³-hybridized carbons (Fsp3) is 0.667. The molecule has 2 N–H and O–H groups in total. The summed E-state index contributed by atoms with van der Waals surface area (Å²) in [6, 6.07) is 3.60. The number of esters is 1. The van der Waals surface area contributed by atoms with E-state index in [1.807, 2.05) is 6.07 Å². The molecule has 1 saturated carbocycles. The van der Waals surface area contributed by atoms with Gasteiger partial charge in [-0.1, -0.05) is 6.07 Å². The lowest BCUT2D eigenvalue weighted by Crippen LogP contribution is -2.77. The summed E-state index contributed by atoms with van der Waals surface area (Å²) in [7, 11) is 2.06. The molecule has 0 amide bonds. The minimum Gasteiger partial charge on any atom is -0.504 e. The van der Waals surface area contributed by atoms with E-state index in [2.05, 4.69) is 11.9 Å². The smallest absolute Gasteiger partial charge is 0.338 e. The minimum absolute atomic E-state index is 0.0208. The summed E-state index contributed by atoms with van der Waals surface area (Å²) < 4.78 is 17.6. The first-order valence-electron chi connectivity index (χ1n) is 10.2. The molecule has 1 unspecified atom stereocenters. The predicted molar refractivity (Wildman–Crippen MR) is 97.4 cm³/mol. The van der Waals surface area contributed by atoms with Crippen molar-refractivity contribution in [3.63, 3.8) is 0 Å². The molecule has 5 aliphatic rings. The van der Waals surface area contributed by atoms with Crippen LogP contribution in [0.25, 0.3) is 0 Å². The van der Waals surface area contributed by atoms with Gasteiger partial charge in [0.2, 0.25) is 0 Å². The number of hydrogen-bond donors (Lipinski definition) is 2. The average Bonchev–Trinajstić information content (AvgIpc) is 3.27. The Hall–Kier alpha value is -1.83. The zero-order valence-corrected chi connectivity index (χ0v) is 16.1. The van der Waals surface area contributed by atoms with Gasteiger partial charge in [0, 0.05) is 11.6 Å². The summed E-state index contributed by atoms with van der Waals surface area (Å²) in [5.74, 6) is 0.183. The van der Waals surface area contributed by atoms with Gasteiger partial charge in [0.15, 0.2) is 17.6 Å². The molecule has 1 aromatic rings. The van der Waals surface area contributed by atoms with Gasteiger partial charge in [-0.05, 0) is 57.8 Å². The quantitative estimate of drug-likeness (QED) is 0.575. The third-order valence-electron chi connectivity index (χ3n) is 8.05. The van der Waals surface area contributed by atoms with E-state index in [0.29, 0.717) is 31.6 Å². The fourth-order valence-electron chi connectivity index (χ4n) is 6.82. The van der Waals surface area contributed by atoms with E-state index in [4.69, 9.17) is 14.2 Å². The molecule has 7 nitrogen and oxygen atoms in total. The first kappa shape index (κ1) is 17.1. The van der Waals surface area contributed by atoms with Gasteiger partial charge in [-0.25, -0.2) is 4.79 Å². The standard InChI is InChI=1S/C21H25NO6/c1-3-26-17(24)16-20(28-16)6-7-21(25)13-10-11-4-5-12(23)15-14(11)19(21,18(20)27-15)8-9-22(13)2/h4-5,13,16,18,23,25H,3,6-10H2,1-2H3/t13-,16-,18+,19-,20?,21+/m0/s1. The summed E-state index contributed by atoms with van der Waals surface area (Å²) in [6.45, 7) is 2.90. The molecule has 1 aromatic carbocycles. The van der Waals surface area contributed by atoms with E-state index in [1.165, 1.54) is 0 Å². The first-order valence-corrected chi connectivity index (χ1v) is 10.2.